The second-order valence-corrected chi connectivity index (χ2v) is 7.81. The number of hydrogen-bond acceptors (Lipinski definition) is 3. The fraction of sp³-hybridized carbons (Fsp3) is 0.333. The predicted octanol–water partition coefficient (Wildman–Crippen LogP) is 4.73. The van der Waals surface area contributed by atoms with E-state index in [0.29, 0.717) is 11.4 Å². The van der Waals surface area contributed by atoms with Crippen LogP contribution in [0.25, 0.3) is 0 Å². The Hall–Kier alpha value is -2.61. The van der Waals surface area contributed by atoms with Gasteiger partial charge in [-0.15, -0.1) is 0 Å². The van der Waals surface area contributed by atoms with Gasteiger partial charge in [0.1, 0.15) is 5.82 Å². The Labute approximate surface area is 178 Å². The Balaban J connectivity index is 1.49. The van der Waals surface area contributed by atoms with Crippen molar-refractivity contribution < 1.29 is 14.0 Å². The topological polar surface area (TPSA) is 73.5 Å². The third-order valence-corrected chi connectivity index (χ3v) is 5.20. The van der Waals surface area contributed by atoms with Crippen molar-refractivity contribution in [2.75, 3.05) is 35.2 Å². The van der Waals surface area contributed by atoms with Crippen molar-refractivity contribution >= 4 is 44.9 Å². The SMILES string of the molecule is O=C(CCNC(=O)Nc1ccc(Br)cc1)Nc1cc(F)ccc1N1CCCCC1. The highest BCUT2D eigenvalue weighted by molar-refractivity contribution is 9.10. The minimum atomic E-state index is -0.395. The van der Waals surface area contributed by atoms with Crippen LogP contribution >= 0.6 is 15.9 Å². The summed E-state index contributed by atoms with van der Waals surface area (Å²) in [6.07, 6.45) is 3.45. The fourth-order valence-electron chi connectivity index (χ4n) is 3.23. The van der Waals surface area contributed by atoms with Gasteiger partial charge in [0.25, 0.3) is 0 Å². The first kappa shape index (κ1) is 21.1. The lowest BCUT2D eigenvalue weighted by molar-refractivity contribution is -0.116. The van der Waals surface area contributed by atoms with E-state index in [0.717, 1.165) is 36.1 Å². The minimum Gasteiger partial charge on any atom is -0.370 e. The van der Waals surface area contributed by atoms with Gasteiger partial charge in [0, 0.05) is 36.2 Å². The van der Waals surface area contributed by atoms with Crippen LogP contribution in [0.5, 0.6) is 0 Å². The number of urea groups is 1. The molecule has 8 heteroatoms. The number of piperidine rings is 1. The number of carbonyl (C=O) groups excluding carboxylic acids is 2. The number of nitrogens with zero attached hydrogens (tertiary/aromatic N) is 1. The molecule has 1 fully saturated rings. The molecule has 2 aromatic rings. The molecule has 3 N–H and O–H groups in total. The largest absolute Gasteiger partial charge is 0.370 e. The first-order valence-corrected chi connectivity index (χ1v) is 10.5. The first-order valence-electron chi connectivity index (χ1n) is 9.66. The van der Waals surface area contributed by atoms with Gasteiger partial charge < -0.3 is 20.9 Å². The van der Waals surface area contributed by atoms with Gasteiger partial charge in [0.05, 0.1) is 11.4 Å². The van der Waals surface area contributed by atoms with E-state index >= 15 is 0 Å². The van der Waals surface area contributed by atoms with E-state index < -0.39 is 5.82 Å². The van der Waals surface area contributed by atoms with Crippen molar-refractivity contribution in [1.29, 1.82) is 0 Å². The summed E-state index contributed by atoms with van der Waals surface area (Å²) in [7, 11) is 0. The lowest BCUT2D eigenvalue weighted by Crippen LogP contribution is -2.32. The summed E-state index contributed by atoms with van der Waals surface area (Å²) in [5.41, 5.74) is 1.96. The van der Waals surface area contributed by atoms with Crippen LogP contribution < -0.4 is 20.9 Å². The summed E-state index contributed by atoms with van der Waals surface area (Å²) in [4.78, 5) is 26.4. The van der Waals surface area contributed by atoms with Crippen LogP contribution in [-0.4, -0.2) is 31.6 Å². The van der Waals surface area contributed by atoms with Crippen LogP contribution in [0.4, 0.5) is 26.2 Å². The quantitative estimate of drug-likeness (QED) is 0.580. The van der Waals surface area contributed by atoms with Gasteiger partial charge in [-0.25, -0.2) is 9.18 Å². The van der Waals surface area contributed by atoms with E-state index in [4.69, 9.17) is 0 Å². The van der Waals surface area contributed by atoms with Gasteiger partial charge in [-0.05, 0) is 61.7 Å². The second-order valence-electron chi connectivity index (χ2n) is 6.90. The van der Waals surface area contributed by atoms with Crippen LogP contribution in [0.2, 0.25) is 0 Å². The number of halogens is 2. The van der Waals surface area contributed by atoms with E-state index in [9.17, 15) is 14.0 Å². The molecule has 1 saturated heterocycles. The maximum absolute atomic E-state index is 13.7. The molecular weight excluding hydrogens is 439 g/mol. The zero-order valence-electron chi connectivity index (χ0n) is 16.0. The molecule has 3 amide bonds. The molecule has 1 aliphatic rings. The standard InChI is InChI=1S/C21H24BrFN4O2/c22-15-4-7-17(8-5-15)25-21(29)24-11-10-20(28)26-18-14-16(23)6-9-19(18)27-12-2-1-3-13-27/h4-9,14H,1-3,10-13H2,(H,26,28)(H2,24,25,29). The highest BCUT2D eigenvalue weighted by Crippen LogP contribution is 2.29. The molecule has 0 aromatic heterocycles. The number of nitrogens with one attached hydrogen (secondary N) is 3. The lowest BCUT2D eigenvalue weighted by Gasteiger charge is -2.30. The lowest BCUT2D eigenvalue weighted by atomic mass is 10.1. The van der Waals surface area contributed by atoms with E-state index in [1.807, 2.05) is 12.1 Å². The molecule has 0 saturated carbocycles. The average Bonchev–Trinajstić information content (AvgIpc) is 2.70. The van der Waals surface area contributed by atoms with Crippen LogP contribution in [0.1, 0.15) is 25.7 Å². The molecule has 6 nitrogen and oxygen atoms in total. The highest BCUT2D eigenvalue weighted by Gasteiger charge is 2.16. The third-order valence-electron chi connectivity index (χ3n) is 4.67. The van der Waals surface area contributed by atoms with Gasteiger partial charge >= 0.3 is 6.03 Å². The highest BCUT2D eigenvalue weighted by atomic mass is 79.9. The van der Waals surface area contributed by atoms with Crippen molar-refractivity contribution in [3.05, 3.63) is 52.8 Å². The van der Waals surface area contributed by atoms with Gasteiger partial charge in [-0.2, -0.15) is 0 Å². The van der Waals surface area contributed by atoms with Gasteiger partial charge in [-0.3, -0.25) is 4.79 Å². The van der Waals surface area contributed by atoms with Crippen molar-refractivity contribution in [2.45, 2.75) is 25.7 Å². The maximum atomic E-state index is 13.7. The molecule has 0 atom stereocenters. The Bertz CT molecular complexity index is 854. The normalized spacial score (nSPS) is 13.7. The van der Waals surface area contributed by atoms with Crippen LogP contribution in [0.3, 0.4) is 0 Å². The zero-order chi connectivity index (χ0) is 20.6. The average molecular weight is 463 g/mol. The van der Waals surface area contributed by atoms with E-state index in [-0.39, 0.29) is 24.9 Å². The van der Waals surface area contributed by atoms with Crippen molar-refractivity contribution in [1.82, 2.24) is 5.32 Å². The summed E-state index contributed by atoms with van der Waals surface area (Å²) >= 11 is 3.33. The maximum Gasteiger partial charge on any atom is 0.319 e. The Morgan fingerprint density at radius 3 is 2.45 bits per heavy atom. The molecule has 0 unspecified atom stereocenters. The molecule has 0 bridgehead atoms. The van der Waals surface area contributed by atoms with Gasteiger partial charge in [0.15, 0.2) is 0 Å². The Morgan fingerprint density at radius 1 is 1.00 bits per heavy atom. The molecule has 154 valence electrons. The summed E-state index contributed by atoms with van der Waals surface area (Å²) in [6.45, 7) is 1.96. The van der Waals surface area contributed by atoms with Crippen molar-refractivity contribution in [2.24, 2.45) is 0 Å². The third kappa shape index (κ3) is 6.45. The predicted molar refractivity (Wildman–Crippen MR) is 117 cm³/mol. The molecule has 0 aliphatic carbocycles. The van der Waals surface area contributed by atoms with E-state index in [1.54, 1.807) is 18.2 Å². The van der Waals surface area contributed by atoms with Gasteiger partial charge in [-0.1, -0.05) is 15.9 Å². The summed E-state index contributed by atoms with van der Waals surface area (Å²) in [5, 5.41) is 8.12. The van der Waals surface area contributed by atoms with E-state index in [1.165, 1.54) is 18.6 Å². The smallest absolute Gasteiger partial charge is 0.319 e. The molecule has 0 spiro atoms. The molecule has 3 rings (SSSR count). The van der Waals surface area contributed by atoms with E-state index in [2.05, 4.69) is 36.8 Å². The molecule has 1 heterocycles. The van der Waals surface area contributed by atoms with Gasteiger partial charge in [0.2, 0.25) is 5.91 Å². The Kier molecular flexibility index (Phi) is 7.46. The Morgan fingerprint density at radius 2 is 1.72 bits per heavy atom. The monoisotopic (exact) mass is 462 g/mol. The number of carbonyl (C=O) groups is 2. The van der Waals surface area contributed by atoms with Crippen molar-refractivity contribution in [3.63, 3.8) is 0 Å². The summed E-state index contributed by atoms with van der Waals surface area (Å²) < 4.78 is 14.6. The molecule has 29 heavy (non-hydrogen) atoms. The second kappa shape index (κ2) is 10.2. The number of rotatable bonds is 6. The first-order chi connectivity index (χ1) is 14.0. The molecule has 1 aliphatic heterocycles. The fourth-order valence-corrected chi connectivity index (χ4v) is 3.49. The number of anilines is 3. The van der Waals surface area contributed by atoms with Crippen LogP contribution in [0.15, 0.2) is 46.9 Å². The van der Waals surface area contributed by atoms with Crippen LogP contribution in [-0.2, 0) is 4.79 Å². The number of amides is 3. The minimum absolute atomic E-state index is 0.0870. The summed E-state index contributed by atoms with van der Waals surface area (Å²) in [6, 6.07) is 11.2. The molecule has 0 radical (unpaired) electrons. The number of benzene rings is 2. The molecular formula is C21H24BrFN4O2. The molecule has 2 aromatic carbocycles. The van der Waals surface area contributed by atoms with Crippen molar-refractivity contribution in [3.8, 4) is 0 Å². The van der Waals surface area contributed by atoms with Crippen LogP contribution in [0, 0.1) is 5.82 Å². The number of hydrogen-bond donors (Lipinski definition) is 3. The summed E-state index contributed by atoms with van der Waals surface area (Å²) in [5.74, 6) is -0.675. The zero-order valence-corrected chi connectivity index (χ0v) is 17.6.